The van der Waals surface area contributed by atoms with E-state index in [0.29, 0.717) is 36.9 Å². The molecule has 0 bridgehead atoms. The Kier molecular flexibility index (Phi) is 5.09. The first-order valence-corrected chi connectivity index (χ1v) is 11.8. The van der Waals surface area contributed by atoms with Gasteiger partial charge >= 0.3 is 0 Å². The highest BCUT2D eigenvalue weighted by molar-refractivity contribution is 7.89. The van der Waals surface area contributed by atoms with Crippen LogP contribution in [-0.2, 0) is 23.0 Å². The summed E-state index contributed by atoms with van der Waals surface area (Å²) < 4.78 is 28.1. The second kappa shape index (κ2) is 7.37. The van der Waals surface area contributed by atoms with Gasteiger partial charge in [-0.25, -0.2) is 8.42 Å². The first-order valence-electron chi connectivity index (χ1n) is 9.44. The number of amides is 1. The lowest BCUT2D eigenvalue weighted by Crippen LogP contribution is -2.37. The van der Waals surface area contributed by atoms with Gasteiger partial charge in [-0.05, 0) is 54.7 Å². The topological polar surface area (TPSA) is 57.7 Å². The second-order valence-electron chi connectivity index (χ2n) is 7.26. The molecular weight excluding hydrogens is 380 g/mol. The molecule has 144 valence electrons. The molecule has 0 saturated heterocycles. The number of thiophene rings is 1. The zero-order chi connectivity index (χ0) is 19.0. The van der Waals surface area contributed by atoms with Crippen molar-refractivity contribution in [1.82, 2.24) is 9.21 Å². The summed E-state index contributed by atoms with van der Waals surface area (Å²) >= 11 is 1.23. The lowest BCUT2D eigenvalue weighted by molar-refractivity contribution is 0.0758. The molecule has 5 nitrogen and oxygen atoms in total. The normalized spacial score (nSPS) is 17.5. The van der Waals surface area contributed by atoms with Crippen LogP contribution < -0.4 is 0 Å². The standard InChI is InChI=1S/C20H24N2O3S2/c1-2-21(13-15-7-8-15)20(23)19-18(10-12-26-19)27(24,25)22-11-9-16-5-3-4-6-17(16)14-22/h3-6,10,12,15H,2,7-9,11,13-14H2,1H3. The molecule has 2 heterocycles. The fourth-order valence-corrected chi connectivity index (χ4v) is 6.36. The Bertz CT molecular complexity index is 948. The largest absolute Gasteiger partial charge is 0.338 e. The van der Waals surface area contributed by atoms with E-state index in [9.17, 15) is 13.2 Å². The van der Waals surface area contributed by atoms with Gasteiger partial charge in [0.1, 0.15) is 9.77 Å². The summed E-state index contributed by atoms with van der Waals surface area (Å²) in [6.07, 6.45) is 3.02. The number of nitrogens with zero attached hydrogens (tertiary/aromatic N) is 2. The predicted octanol–water partition coefficient (Wildman–Crippen LogP) is 3.37. The molecule has 2 aromatic rings. The van der Waals surface area contributed by atoms with Crippen LogP contribution in [-0.4, -0.2) is 43.2 Å². The third-order valence-electron chi connectivity index (χ3n) is 5.38. The molecule has 0 unspecified atom stereocenters. The van der Waals surface area contributed by atoms with Gasteiger partial charge in [-0.2, -0.15) is 4.31 Å². The fourth-order valence-electron chi connectivity index (χ4n) is 3.58. The Balaban J connectivity index is 1.60. The van der Waals surface area contributed by atoms with E-state index in [1.807, 2.05) is 25.1 Å². The van der Waals surface area contributed by atoms with Gasteiger partial charge in [0.25, 0.3) is 5.91 Å². The van der Waals surface area contributed by atoms with Gasteiger partial charge in [0.05, 0.1) is 0 Å². The third kappa shape index (κ3) is 3.68. The SMILES string of the molecule is CCN(CC1CC1)C(=O)c1sccc1S(=O)(=O)N1CCc2ccccc2C1. The second-order valence-corrected chi connectivity index (χ2v) is 10.1. The van der Waals surface area contributed by atoms with Crippen LogP contribution in [0.25, 0.3) is 0 Å². The molecule has 1 aliphatic carbocycles. The van der Waals surface area contributed by atoms with Crippen molar-refractivity contribution < 1.29 is 13.2 Å². The minimum atomic E-state index is -3.70. The molecule has 1 saturated carbocycles. The van der Waals surface area contributed by atoms with Crippen LogP contribution in [0.2, 0.25) is 0 Å². The van der Waals surface area contributed by atoms with Gasteiger partial charge in [0.2, 0.25) is 10.0 Å². The van der Waals surface area contributed by atoms with E-state index in [1.54, 1.807) is 16.3 Å². The van der Waals surface area contributed by atoms with E-state index in [-0.39, 0.29) is 10.8 Å². The first-order chi connectivity index (χ1) is 13.0. The van der Waals surface area contributed by atoms with Crippen molar-refractivity contribution in [2.75, 3.05) is 19.6 Å². The van der Waals surface area contributed by atoms with Crippen molar-refractivity contribution in [2.24, 2.45) is 5.92 Å². The molecule has 0 atom stereocenters. The van der Waals surface area contributed by atoms with E-state index in [0.717, 1.165) is 24.9 Å². The van der Waals surface area contributed by atoms with Crippen LogP contribution in [0.1, 0.15) is 40.6 Å². The molecule has 7 heteroatoms. The van der Waals surface area contributed by atoms with E-state index < -0.39 is 10.0 Å². The Morgan fingerprint density at radius 1 is 1.22 bits per heavy atom. The zero-order valence-electron chi connectivity index (χ0n) is 15.4. The molecule has 4 rings (SSSR count). The summed E-state index contributed by atoms with van der Waals surface area (Å²) in [5.41, 5.74) is 2.24. The van der Waals surface area contributed by atoms with Crippen molar-refractivity contribution in [1.29, 1.82) is 0 Å². The molecule has 0 spiro atoms. The quantitative estimate of drug-likeness (QED) is 0.742. The highest BCUT2D eigenvalue weighted by atomic mass is 32.2. The smallest absolute Gasteiger partial charge is 0.265 e. The fraction of sp³-hybridized carbons (Fsp3) is 0.450. The molecule has 0 radical (unpaired) electrons. The van der Waals surface area contributed by atoms with Crippen LogP contribution in [0, 0.1) is 5.92 Å². The maximum atomic E-state index is 13.3. The Hall–Kier alpha value is -1.70. The molecule has 2 aliphatic rings. The maximum absolute atomic E-state index is 13.3. The molecule has 0 N–H and O–H groups in total. The molecular formula is C20H24N2O3S2. The van der Waals surface area contributed by atoms with Crippen LogP contribution in [0.15, 0.2) is 40.6 Å². The minimum Gasteiger partial charge on any atom is -0.338 e. The van der Waals surface area contributed by atoms with Gasteiger partial charge in [-0.1, -0.05) is 24.3 Å². The molecule has 1 fully saturated rings. The van der Waals surface area contributed by atoms with Crippen molar-refractivity contribution >= 4 is 27.3 Å². The summed E-state index contributed by atoms with van der Waals surface area (Å²) in [6, 6.07) is 9.53. The van der Waals surface area contributed by atoms with Gasteiger partial charge in [-0.3, -0.25) is 4.79 Å². The number of hydrogen-bond acceptors (Lipinski definition) is 4. The maximum Gasteiger partial charge on any atom is 0.265 e. The van der Waals surface area contributed by atoms with Crippen LogP contribution in [0.4, 0.5) is 0 Å². The number of benzene rings is 1. The highest BCUT2D eigenvalue weighted by Gasteiger charge is 2.34. The van der Waals surface area contributed by atoms with Crippen molar-refractivity contribution in [3.8, 4) is 0 Å². The molecule has 1 amide bonds. The van der Waals surface area contributed by atoms with E-state index >= 15 is 0 Å². The van der Waals surface area contributed by atoms with Crippen LogP contribution in [0.5, 0.6) is 0 Å². The lowest BCUT2D eigenvalue weighted by Gasteiger charge is -2.28. The highest BCUT2D eigenvalue weighted by Crippen LogP contribution is 2.33. The van der Waals surface area contributed by atoms with Crippen molar-refractivity contribution in [2.45, 2.75) is 37.6 Å². The number of carbonyl (C=O) groups is 1. The number of fused-ring (bicyclic) bond motifs is 1. The van der Waals surface area contributed by atoms with Gasteiger partial charge in [0.15, 0.2) is 0 Å². The number of sulfonamides is 1. The van der Waals surface area contributed by atoms with Crippen LogP contribution in [0.3, 0.4) is 0 Å². The van der Waals surface area contributed by atoms with Crippen LogP contribution >= 0.6 is 11.3 Å². The first kappa shape index (κ1) is 18.7. The average molecular weight is 405 g/mol. The van der Waals surface area contributed by atoms with Crippen molar-refractivity contribution in [3.05, 3.63) is 51.7 Å². The number of hydrogen-bond donors (Lipinski definition) is 0. The molecule has 1 aromatic carbocycles. The molecule has 1 aliphatic heterocycles. The average Bonchev–Trinajstić information content (AvgIpc) is 3.36. The van der Waals surface area contributed by atoms with Crippen molar-refractivity contribution in [3.63, 3.8) is 0 Å². The number of carbonyl (C=O) groups excluding carboxylic acids is 1. The summed E-state index contributed by atoms with van der Waals surface area (Å²) in [6.45, 7) is 4.08. The summed E-state index contributed by atoms with van der Waals surface area (Å²) in [5, 5.41) is 1.71. The summed E-state index contributed by atoms with van der Waals surface area (Å²) in [4.78, 5) is 15.3. The van der Waals surface area contributed by atoms with Gasteiger partial charge < -0.3 is 4.90 Å². The lowest BCUT2D eigenvalue weighted by atomic mass is 10.0. The van der Waals surface area contributed by atoms with E-state index in [2.05, 4.69) is 6.07 Å². The third-order valence-corrected chi connectivity index (χ3v) is 8.30. The van der Waals surface area contributed by atoms with Gasteiger partial charge in [-0.15, -0.1) is 11.3 Å². The molecule has 27 heavy (non-hydrogen) atoms. The Labute approximate surface area is 164 Å². The summed E-state index contributed by atoms with van der Waals surface area (Å²) in [5.74, 6) is 0.419. The Morgan fingerprint density at radius 3 is 2.67 bits per heavy atom. The van der Waals surface area contributed by atoms with E-state index in [4.69, 9.17) is 0 Å². The zero-order valence-corrected chi connectivity index (χ0v) is 17.1. The monoisotopic (exact) mass is 404 g/mol. The minimum absolute atomic E-state index is 0.157. The predicted molar refractivity (Wildman–Crippen MR) is 106 cm³/mol. The molecule has 1 aromatic heterocycles. The Morgan fingerprint density at radius 2 is 1.96 bits per heavy atom. The van der Waals surface area contributed by atoms with E-state index in [1.165, 1.54) is 21.2 Å². The van der Waals surface area contributed by atoms with Gasteiger partial charge in [0, 0.05) is 26.2 Å². The number of rotatable bonds is 6. The summed E-state index contributed by atoms with van der Waals surface area (Å²) in [7, 11) is -3.70.